The summed E-state index contributed by atoms with van der Waals surface area (Å²) in [6.07, 6.45) is 1.57. The van der Waals surface area contributed by atoms with Gasteiger partial charge in [0.2, 0.25) is 11.0 Å². The third-order valence-electron chi connectivity index (χ3n) is 4.33. The van der Waals surface area contributed by atoms with Crippen LogP contribution in [-0.2, 0) is 4.79 Å². The van der Waals surface area contributed by atoms with Gasteiger partial charge in [-0.25, -0.2) is 0 Å². The zero-order chi connectivity index (χ0) is 18.2. The number of carbonyl (C=O) groups is 1. The fraction of sp³-hybridized carbons (Fsp3) is 0.0500. The average molecular weight is 375 g/mol. The SMILES string of the molecule is O=C(Nc1nnc(-c2ccco2)s1)C1c2ccccc2Oc2ccccc21. The summed E-state index contributed by atoms with van der Waals surface area (Å²) in [5.74, 6) is 1.33. The van der Waals surface area contributed by atoms with E-state index in [4.69, 9.17) is 9.15 Å². The largest absolute Gasteiger partial charge is 0.462 e. The molecule has 0 atom stereocenters. The average Bonchev–Trinajstić information content (AvgIpc) is 3.37. The lowest BCUT2D eigenvalue weighted by molar-refractivity contribution is -0.116. The number of nitrogens with zero attached hydrogens (tertiary/aromatic N) is 2. The van der Waals surface area contributed by atoms with Gasteiger partial charge < -0.3 is 9.15 Å². The summed E-state index contributed by atoms with van der Waals surface area (Å²) in [7, 11) is 0. The minimum Gasteiger partial charge on any atom is -0.462 e. The molecule has 5 rings (SSSR count). The van der Waals surface area contributed by atoms with Crippen LogP contribution in [0.4, 0.5) is 5.13 Å². The number of nitrogens with one attached hydrogen (secondary N) is 1. The molecule has 0 spiro atoms. The second-order valence-corrected chi connectivity index (χ2v) is 6.97. The number of hydrogen-bond donors (Lipinski definition) is 1. The number of fused-ring (bicyclic) bond motifs is 2. The quantitative estimate of drug-likeness (QED) is 0.563. The summed E-state index contributed by atoms with van der Waals surface area (Å²) in [4.78, 5) is 13.1. The second-order valence-electron chi connectivity index (χ2n) is 5.99. The van der Waals surface area contributed by atoms with Crippen LogP contribution >= 0.6 is 11.3 Å². The summed E-state index contributed by atoms with van der Waals surface area (Å²) in [5, 5.41) is 12.1. The molecule has 3 heterocycles. The van der Waals surface area contributed by atoms with Gasteiger partial charge in [-0.05, 0) is 24.3 Å². The van der Waals surface area contributed by atoms with Crippen LogP contribution in [-0.4, -0.2) is 16.1 Å². The molecule has 1 N–H and O–H groups in total. The van der Waals surface area contributed by atoms with Crippen LogP contribution in [0.15, 0.2) is 71.3 Å². The topological polar surface area (TPSA) is 77.3 Å². The molecule has 6 nitrogen and oxygen atoms in total. The molecule has 7 heteroatoms. The van der Waals surface area contributed by atoms with E-state index in [0.717, 1.165) is 11.1 Å². The minimum absolute atomic E-state index is 0.180. The minimum atomic E-state index is -0.484. The molecule has 4 aromatic rings. The van der Waals surface area contributed by atoms with Crippen LogP contribution in [0.3, 0.4) is 0 Å². The molecular weight excluding hydrogens is 362 g/mol. The highest BCUT2D eigenvalue weighted by Crippen LogP contribution is 2.44. The molecule has 1 aliphatic rings. The van der Waals surface area contributed by atoms with Gasteiger partial charge in [-0.3, -0.25) is 10.1 Å². The lowest BCUT2D eigenvalue weighted by atomic mass is 9.87. The molecule has 0 aliphatic carbocycles. The number of benzene rings is 2. The molecular formula is C20H13N3O3S. The van der Waals surface area contributed by atoms with Gasteiger partial charge in [0.05, 0.1) is 12.2 Å². The molecule has 1 aliphatic heterocycles. The Kier molecular flexibility index (Phi) is 3.72. The number of furan rings is 1. The first-order chi connectivity index (χ1) is 13.3. The van der Waals surface area contributed by atoms with Crippen LogP contribution < -0.4 is 10.1 Å². The van der Waals surface area contributed by atoms with E-state index in [1.807, 2.05) is 48.5 Å². The van der Waals surface area contributed by atoms with Crippen molar-refractivity contribution < 1.29 is 13.9 Å². The molecule has 0 saturated heterocycles. The zero-order valence-electron chi connectivity index (χ0n) is 14.0. The number of carbonyl (C=O) groups excluding carboxylic acids is 1. The van der Waals surface area contributed by atoms with Gasteiger partial charge in [0.1, 0.15) is 11.5 Å². The molecule has 0 fully saturated rings. The van der Waals surface area contributed by atoms with Gasteiger partial charge in [0.15, 0.2) is 10.8 Å². The highest BCUT2D eigenvalue weighted by Gasteiger charge is 2.32. The first-order valence-corrected chi connectivity index (χ1v) is 9.15. The van der Waals surface area contributed by atoms with Gasteiger partial charge >= 0.3 is 0 Å². The van der Waals surface area contributed by atoms with Gasteiger partial charge in [0, 0.05) is 11.1 Å². The maximum Gasteiger partial charge on any atom is 0.238 e. The van der Waals surface area contributed by atoms with E-state index >= 15 is 0 Å². The number of anilines is 1. The Bertz CT molecular complexity index is 1080. The highest BCUT2D eigenvalue weighted by molar-refractivity contribution is 7.18. The molecule has 1 amide bonds. The maximum absolute atomic E-state index is 13.1. The molecule has 2 aromatic carbocycles. The zero-order valence-corrected chi connectivity index (χ0v) is 14.8. The van der Waals surface area contributed by atoms with Gasteiger partial charge in [0.25, 0.3) is 0 Å². The Morgan fingerprint density at radius 2 is 1.63 bits per heavy atom. The Morgan fingerprint density at radius 3 is 2.30 bits per heavy atom. The lowest BCUT2D eigenvalue weighted by Gasteiger charge is -2.27. The van der Waals surface area contributed by atoms with Gasteiger partial charge in [-0.15, -0.1) is 10.2 Å². The van der Waals surface area contributed by atoms with Crippen LogP contribution in [0.1, 0.15) is 17.0 Å². The molecule has 2 aromatic heterocycles. The molecule has 0 unspecified atom stereocenters. The standard InChI is InChI=1S/C20H13N3O3S/c24-18(21-20-23-22-19(27-20)16-10-5-11-25-16)17-12-6-1-3-8-14(12)26-15-9-4-2-7-13(15)17/h1-11,17H,(H,21,23,24). The van der Waals surface area contributed by atoms with Crippen LogP contribution in [0.2, 0.25) is 0 Å². The van der Waals surface area contributed by atoms with Crippen molar-refractivity contribution in [2.75, 3.05) is 5.32 Å². The van der Waals surface area contributed by atoms with Crippen molar-refractivity contribution in [1.82, 2.24) is 10.2 Å². The fourth-order valence-electron chi connectivity index (χ4n) is 3.14. The smallest absolute Gasteiger partial charge is 0.238 e. The van der Waals surface area contributed by atoms with Crippen molar-refractivity contribution in [1.29, 1.82) is 0 Å². The monoisotopic (exact) mass is 375 g/mol. The number of amides is 1. The Hall–Kier alpha value is -3.45. The molecule has 27 heavy (non-hydrogen) atoms. The molecule has 132 valence electrons. The third-order valence-corrected chi connectivity index (χ3v) is 5.18. The predicted octanol–water partition coefficient (Wildman–Crippen LogP) is 4.67. The van der Waals surface area contributed by atoms with E-state index < -0.39 is 5.92 Å². The second kappa shape index (κ2) is 6.37. The first kappa shape index (κ1) is 15.8. The number of aromatic nitrogens is 2. The number of ether oxygens (including phenoxy) is 1. The fourth-order valence-corrected chi connectivity index (χ4v) is 3.86. The third kappa shape index (κ3) is 2.78. The van der Waals surface area contributed by atoms with E-state index in [1.165, 1.54) is 11.3 Å². The van der Waals surface area contributed by atoms with Gasteiger partial charge in [-0.2, -0.15) is 0 Å². The maximum atomic E-state index is 13.1. The lowest BCUT2D eigenvalue weighted by Crippen LogP contribution is -2.25. The Morgan fingerprint density at radius 1 is 0.926 bits per heavy atom. The van der Waals surface area contributed by atoms with Crippen molar-refractivity contribution in [3.05, 3.63) is 78.1 Å². The molecule has 0 saturated carbocycles. The molecule has 0 bridgehead atoms. The predicted molar refractivity (Wildman–Crippen MR) is 101 cm³/mol. The van der Waals surface area contributed by atoms with E-state index in [-0.39, 0.29) is 5.91 Å². The summed E-state index contributed by atoms with van der Waals surface area (Å²) in [5.41, 5.74) is 1.65. The van der Waals surface area contributed by atoms with Crippen molar-refractivity contribution in [2.45, 2.75) is 5.92 Å². The van der Waals surface area contributed by atoms with Crippen LogP contribution in [0, 0.1) is 0 Å². The van der Waals surface area contributed by atoms with Gasteiger partial charge in [-0.1, -0.05) is 47.7 Å². The van der Waals surface area contributed by atoms with Crippen molar-refractivity contribution in [3.63, 3.8) is 0 Å². The van der Waals surface area contributed by atoms with Crippen LogP contribution in [0.25, 0.3) is 10.8 Å². The Labute approximate surface area is 158 Å². The summed E-state index contributed by atoms with van der Waals surface area (Å²) in [6.45, 7) is 0. The van der Waals surface area contributed by atoms with E-state index in [1.54, 1.807) is 18.4 Å². The molecule has 0 radical (unpaired) electrons. The first-order valence-electron chi connectivity index (χ1n) is 8.33. The number of rotatable bonds is 3. The van der Waals surface area contributed by atoms with Crippen LogP contribution in [0.5, 0.6) is 11.5 Å². The number of hydrogen-bond acceptors (Lipinski definition) is 6. The summed E-state index contributed by atoms with van der Waals surface area (Å²) >= 11 is 1.27. The van der Waals surface area contributed by atoms with E-state index in [0.29, 0.717) is 27.4 Å². The van der Waals surface area contributed by atoms with Crippen molar-refractivity contribution in [2.24, 2.45) is 0 Å². The Balaban J connectivity index is 1.48. The van der Waals surface area contributed by atoms with Crippen molar-refractivity contribution >= 4 is 22.4 Å². The highest BCUT2D eigenvalue weighted by atomic mass is 32.1. The van der Waals surface area contributed by atoms with E-state index in [9.17, 15) is 4.79 Å². The number of para-hydroxylation sites is 2. The summed E-state index contributed by atoms with van der Waals surface area (Å²) < 4.78 is 11.3. The summed E-state index contributed by atoms with van der Waals surface area (Å²) in [6, 6.07) is 18.7. The normalized spacial score (nSPS) is 12.7. The van der Waals surface area contributed by atoms with E-state index in [2.05, 4.69) is 15.5 Å². The van der Waals surface area contributed by atoms with Crippen molar-refractivity contribution in [3.8, 4) is 22.3 Å².